The van der Waals surface area contributed by atoms with E-state index in [4.69, 9.17) is 10.5 Å². The quantitative estimate of drug-likeness (QED) is 0.885. The Morgan fingerprint density at radius 3 is 3.10 bits per heavy atom. The van der Waals surface area contributed by atoms with Gasteiger partial charge in [-0.25, -0.2) is 4.98 Å². The second kappa shape index (κ2) is 5.60. The fourth-order valence-electron chi connectivity index (χ4n) is 1.74. The molecule has 104 valence electrons. The lowest BCUT2D eigenvalue weighted by Gasteiger charge is -2.05. The monoisotopic (exact) mass is 289 g/mol. The van der Waals surface area contributed by atoms with Crippen molar-refractivity contribution in [2.24, 2.45) is 5.73 Å². The number of anilines is 1. The molecule has 5 nitrogen and oxygen atoms in total. The summed E-state index contributed by atoms with van der Waals surface area (Å²) in [5.74, 6) is 0.627. The maximum absolute atomic E-state index is 11.2. The third-order valence-electron chi connectivity index (χ3n) is 2.89. The smallest absolute Gasteiger partial charge is 0.239 e. The number of hydrogen-bond acceptors (Lipinski definition) is 5. The average molecular weight is 289 g/mol. The van der Waals surface area contributed by atoms with Gasteiger partial charge in [-0.15, -0.1) is 11.3 Å². The van der Waals surface area contributed by atoms with Crippen molar-refractivity contribution in [1.82, 2.24) is 4.98 Å². The van der Waals surface area contributed by atoms with Gasteiger partial charge in [0.25, 0.3) is 0 Å². The molecule has 0 atom stereocenters. The fourth-order valence-corrected chi connectivity index (χ4v) is 2.48. The van der Waals surface area contributed by atoms with Gasteiger partial charge >= 0.3 is 0 Å². The van der Waals surface area contributed by atoms with Crippen molar-refractivity contribution >= 4 is 22.4 Å². The molecule has 0 saturated heterocycles. The lowest BCUT2D eigenvalue weighted by atomic mass is 10.2. The summed E-state index contributed by atoms with van der Waals surface area (Å²) in [7, 11) is 0. The number of aromatic nitrogens is 1. The summed E-state index contributed by atoms with van der Waals surface area (Å²) in [6.07, 6.45) is 2.65. The fraction of sp³-hybridized carbons (Fsp3) is 0.286. The van der Waals surface area contributed by atoms with E-state index in [1.165, 1.54) is 11.3 Å². The molecule has 0 radical (unpaired) electrons. The zero-order valence-electron chi connectivity index (χ0n) is 10.8. The van der Waals surface area contributed by atoms with E-state index >= 15 is 0 Å². The van der Waals surface area contributed by atoms with Crippen molar-refractivity contribution in [2.75, 3.05) is 11.9 Å². The van der Waals surface area contributed by atoms with Gasteiger partial charge in [0.2, 0.25) is 5.91 Å². The molecule has 0 aliphatic heterocycles. The summed E-state index contributed by atoms with van der Waals surface area (Å²) in [4.78, 5) is 15.6. The van der Waals surface area contributed by atoms with Crippen LogP contribution in [-0.4, -0.2) is 23.5 Å². The predicted molar refractivity (Wildman–Crippen MR) is 78.9 cm³/mol. The number of ether oxygens (including phenoxy) is 1. The first kappa shape index (κ1) is 13.1. The minimum absolute atomic E-state index is 0.0420. The van der Waals surface area contributed by atoms with Gasteiger partial charge in [0.1, 0.15) is 5.75 Å². The van der Waals surface area contributed by atoms with Crippen molar-refractivity contribution < 1.29 is 9.53 Å². The SMILES string of the molecule is NCC(=O)Nc1nc(-c2cccc(OC3CC3)c2)cs1. The Kier molecular flexibility index (Phi) is 3.66. The topological polar surface area (TPSA) is 77.2 Å². The molecule has 2 aromatic rings. The Morgan fingerprint density at radius 1 is 1.50 bits per heavy atom. The molecule has 3 rings (SSSR count). The van der Waals surface area contributed by atoms with Crippen molar-refractivity contribution in [3.63, 3.8) is 0 Å². The van der Waals surface area contributed by atoms with Crippen LogP contribution in [0.25, 0.3) is 11.3 Å². The number of benzene rings is 1. The van der Waals surface area contributed by atoms with Crippen LogP contribution in [-0.2, 0) is 4.79 Å². The average Bonchev–Trinajstić information content (AvgIpc) is 3.15. The molecule has 3 N–H and O–H groups in total. The molecule has 1 aliphatic rings. The summed E-state index contributed by atoms with van der Waals surface area (Å²) in [6, 6.07) is 7.85. The normalized spacial score (nSPS) is 14.1. The molecular formula is C14H15N3O2S. The number of carbonyl (C=O) groups is 1. The van der Waals surface area contributed by atoms with Crippen LogP contribution in [0, 0.1) is 0 Å². The van der Waals surface area contributed by atoms with Crippen LogP contribution in [0.5, 0.6) is 5.75 Å². The molecule has 1 aromatic heterocycles. The molecule has 1 amide bonds. The molecule has 0 unspecified atom stereocenters. The van der Waals surface area contributed by atoms with Crippen molar-refractivity contribution in [3.05, 3.63) is 29.6 Å². The van der Waals surface area contributed by atoms with Gasteiger partial charge in [0.05, 0.1) is 18.3 Å². The Hall–Kier alpha value is -1.92. The molecule has 1 saturated carbocycles. The van der Waals surface area contributed by atoms with Gasteiger partial charge in [-0.05, 0) is 25.0 Å². The van der Waals surface area contributed by atoms with E-state index in [0.717, 1.165) is 29.8 Å². The largest absolute Gasteiger partial charge is 0.490 e. The second-order valence-electron chi connectivity index (χ2n) is 4.64. The van der Waals surface area contributed by atoms with E-state index in [1.807, 2.05) is 29.6 Å². The number of nitrogens with one attached hydrogen (secondary N) is 1. The van der Waals surface area contributed by atoms with Crippen LogP contribution in [0.3, 0.4) is 0 Å². The lowest BCUT2D eigenvalue weighted by molar-refractivity contribution is -0.114. The highest BCUT2D eigenvalue weighted by molar-refractivity contribution is 7.14. The highest BCUT2D eigenvalue weighted by atomic mass is 32.1. The minimum Gasteiger partial charge on any atom is -0.490 e. The summed E-state index contributed by atoms with van der Waals surface area (Å²) < 4.78 is 5.77. The maximum Gasteiger partial charge on any atom is 0.239 e. The van der Waals surface area contributed by atoms with E-state index in [-0.39, 0.29) is 12.5 Å². The first-order valence-corrected chi connectivity index (χ1v) is 7.35. The maximum atomic E-state index is 11.2. The Labute approximate surface area is 120 Å². The third kappa shape index (κ3) is 3.15. The molecule has 1 heterocycles. The molecule has 20 heavy (non-hydrogen) atoms. The number of nitrogens with two attached hydrogens (primary N) is 1. The van der Waals surface area contributed by atoms with Gasteiger partial charge in [-0.2, -0.15) is 0 Å². The number of rotatable bonds is 5. The molecule has 1 aromatic carbocycles. The van der Waals surface area contributed by atoms with E-state index < -0.39 is 0 Å². The van der Waals surface area contributed by atoms with E-state index in [0.29, 0.717) is 11.2 Å². The van der Waals surface area contributed by atoms with Crippen LogP contribution in [0.2, 0.25) is 0 Å². The summed E-state index contributed by atoms with van der Waals surface area (Å²) in [5.41, 5.74) is 7.06. The number of carbonyl (C=O) groups excluding carboxylic acids is 1. The van der Waals surface area contributed by atoms with Crippen LogP contribution in [0.15, 0.2) is 29.6 Å². The highest BCUT2D eigenvalue weighted by Crippen LogP contribution is 2.31. The van der Waals surface area contributed by atoms with Crippen LogP contribution < -0.4 is 15.8 Å². The Balaban J connectivity index is 1.76. The van der Waals surface area contributed by atoms with Gasteiger partial charge < -0.3 is 15.8 Å². The van der Waals surface area contributed by atoms with Crippen molar-refractivity contribution in [2.45, 2.75) is 18.9 Å². The first-order chi connectivity index (χ1) is 9.74. The number of nitrogens with zero attached hydrogens (tertiary/aromatic N) is 1. The lowest BCUT2D eigenvalue weighted by Crippen LogP contribution is -2.21. The van der Waals surface area contributed by atoms with Crippen molar-refractivity contribution in [1.29, 1.82) is 0 Å². The van der Waals surface area contributed by atoms with E-state index in [9.17, 15) is 4.79 Å². The first-order valence-electron chi connectivity index (χ1n) is 6.47. The summed E-state index contributed by atoms with van der Waals surface area (Å²) >= 11 is 1.38. The number of amides is 1. The molecule has 0 bridgehead atoms. The van der Waals surface area contributed by atoms with Crippen LogP contribution in [0.1, 0.15) is 12.8 Å². The molecular weight excluding hydrogens is 274 g/mol. The predicted octanol–water partition coefficient (Wildman–Crippen LogP) is 2.25. The minimum atomic E-state index is -0.239. The third-order valence-corrected chi connectivity index (χ3v) is 3.65. The number of thiazole rings is 1. The van der Waals surface area contributed by atoms with Gasteiger partial charge in [0.15, 0.2) is 5.13 Å². The Bertz CT molecular complexity index is 622. The summed E-state index contributed by atoms with van der Waals surface area (Å²) in [5, 5.41) is 5.12. The Morgan fingerprint density at radius 2 is 2.35 bits per heavy atom. The van der Waals surface area contributed by atoms with E-state index in [2.05, 4.69) is 10.3 Å². The molecule has 0 spiro atoms. The zero-order valence-corrected chi connectivity index (χ0v) is 11.7. The molecule has 6 heteroatoms. The van der Waals surface area contributed by atoms with Crippen LogP contribution in [0.4, 0.5) is 5.13 Å². The van der Waals surface area contributed by atoms with Gasteiger partial charge in [0, 0.05) is 10.9 Å². The standard InChI is InChI=1S/C14H15N3O2S/c15-7-13(18)17-14-16-12(8-20-14)9-2-1-3-11(6-9)19-10-4-5-10/h1-3,6,8,10H,4-5,7,15H2,(H,16,17,18). The van der Waals surface area contributed by atoms with Gasteiger partial charge in [-0.1, -0.05) is 12.1 Å². The number of hydrogen-bond donors (Lipinski definition) is 2. The highest BCUT2D eigenvalue weighted by Gasteiger charge is 2.23. The van der Waals surface area contributed by atoms with E-state index in [1.54, 1.807) is 0 Å². The molecule has 1 aliphatic carbocycles. The molecule has 1 fully saturated rings. The van der Waals surface area contributed by atoms with Crippen molar-refractivity contribution in [3.8, 4) is 17.0 Å². The summed E-state index contributed by atoms with van der Waals surface area (Å²) in [6.45, 7) is -0.0420. The van der Waals surface area contributed by atoms with Crippen LogP contribution >= 0.6 is 11.3 Å². The zero-order chi connectivity index (χ0) is 13.9. The van der Waals surface area contributed by atoms with Gasteiger partial charge in [-0.3, -0.25) is 4.79 Å². The second-order valence-corrected chi connectivity index (χ2v) is 5.49.